The predicted octanol–water partition coefficient (Wildman–Crippen LogP) is 2.80. The average molecular weight is 347 g/mol. The number of carbonyl (C=O) groups excluding carboxylic acids is 1. The predicted molar refractivity (Wildman–Crippen MR) is 90.7 cm³/mol. The van der Waals surface area contributed by atoms with Gasteiger partial charge in [-0.2, -0.15) is 5.10 Å². The lowest BCUT2D eigenvalue weighted by Crippen LogP contribution is -2.35. The van der Waals surface area contributed by atoms with E-state index in [0.29, 0.717) is 18.9 Å². The lowest BCUT2D eigenvalue weighted by Gasteiger charge is -2.15. The van der Waals surface area contributed by atoms with Crippen LogP contribution >= 0.6 is 0 Å². The van der Waals surface area contributed by atoms with E-state index in [1.807, 2.05) is 20.8 Å². The summed E-state index contributed by atoms with van der Waals surface area (Å²) in [6.45, 7) is 6.40. The molecule has 2 aromatic rings. The summed E-state index contributed by atoms with van der Waals surface area (Å²) in [5.74, 6) is -2.23. The second-order valence-electron chi connectivity index (χ2n) is 6.20. The zero-order chi connectivity index (χ0) is 18.6. The van der Waals surface area contributed by atoms with Gasteiger partial charge in [-0.05, 0) is 31.4 Å². The number of nitrogens with zero attached hydrogens (tertiary/aromatic N) is 2. The summed E-state index contributed by atoms with van der Waals surface area (Å²) in [5, 5.41) is 16.2. The van der Waals surface area contributed by atoms with E-state index in [1.165, 1.54) is 22.9 Å². The Kier molecular flexibility index (Phi) is 5.90. The van der Waals surface area contributed by atoms with Crippen molar-refractivity contribution in [1.82, 2.24) is 15.1 Å². The summed E-state index contributed by atoms with van der Waals surface area (Å²) in [6.07, 6.45) is 0.711. The molecule has 0 aliphatic heterocycles. The van der Waals surface area contributed by atoms with Gasteiger partial charge < -0.3 is 10.4 Å². The number of carboxylic acids is 1. The Morgan fingerprint density at radius 1 is 1.32 bits per heavy atom. The van der Waals surface area contributed by atoms with Crippen LogP contribution < -0.4 is 5.32 Å². The van der Waals surface area contributed by atoms with Crippen molar-refractivity contribution in [2.75, 3.05) is 0 Å². The minimum Gasteiger partial charge on any atom is -0.479 e. The van der Waals surface area contributed by atoms with E-state index in [0.717, 1.165) is 11.8 Å². The highest BCUT2D eigenvalue weighted by Gasteiger charge is 2.27. The van der Waals surface area contributed by atoms with Crippen molar-refractivity contribution in [1.29, 1.82) is 0 Å². The summed E-state index contributed by atoms with van der Waals surface area (Å²) < 4.78 is 15.4. The van der Waals surface area contributed by atoms with Crippen LogP contribution in [0.15, 0.2) is 30.3 Å². The number of hydrogen-bond donors (Lipinski definition) is 2. The van der Waals surface area contributed by atoms with Crippen molar-refractivity contribution >= 4 is 11.9 Å². The molecular formula is C18H22FN3O3. The number of carboxylic acid groups (broad SMARTS) is 1. The summed E-state index contributed by atoms with van der Waals surface area (Å²) >= 11 is 0. The molecule has 0 bridgehead atoms. The van der Waals surface area contributed by atoms with E-state index in [1.54, 1.807) is 6.07 Å². The fourth-order valence-electron chi connectivity index (χ4n) is 2.60. The van der Waals surface area contributed by atoms with Crippen LogP contribution in [0.5, 0.6) is 0 Å². The maximum absolute atomic E-state index is 13.9. The van der Waals surface area contributed by atoms with Crippen LogP contribution in [-0.2, 0) is 17.8 Å². The molecule has 0 saturated carbocycles. The Labute approximate surface area is 145 Å². The van der Waals surface area contributed by atoms with Crippen LogP contribution in [-0.4, -0.2) is 26.8 Å². The van der Waals surface area contributed by atoms with E-state index in [-0.39, 0.29) is 11.3 Å². The van der Waals surface area contributed by atoms with Crippen molar-refractivity contribution in [3.05, 3.63) is 53.1 Å². The monoisotopic (exact) mass is 347 g/mol. The Bertz CT molecular complexity index is 771. The van der Waals surface area contributed by atoms with E-state index >= 15 is 0 Å². The summed E-state index contributed by atoms with van der Waals surface area (Å²) in [6, 6.07) is 5.67. The van der Waals surface area contributed by atoms with E-state index < -0.39 is 23.7 Å². The molecule has 6 nitrogen and oxygen atoms in total. The minimum atomic E-state index is -1.47. The number of benzene rings is 1. The normalized spacial score (nSPS) is 12.2. The molecule has 0 radical (unpaired) electrons. The van der Waals surface area contributed by atoms with Gasteiger partial charge in [-0.1, -0.05) is 32.0 Å². The third-order valence-electron chi connectivity index (χ3n) is 3.72. The van der Waals surface area contributed by atoms with Gasteiger partial charge in [0.25, 0.3) is 5.91 Å². The number of amides is 1. The molecule has 0 saturated heterocycles. The summed E-state index contributed by atoms with van der Waals surface area (Å²) in [7, 11) is 0. The van der Waals surface area contributed by atoms with Crippen molar-refractivity contribution < 1.29 is 19.1 Å². The van der Waals surface area contributed by atoms with Crippen molar-refractivity contribution in [2.45, 2.75) is 39.8 Å². The lowest BCUT2D eigenvalue weighted by atomic mass is 10.1. The molecule has 2 rings (SSSR count). The maximum Gasteiger partial charge on any atom is 0.331 e. The van der Waals surface area contributed by atoms with Gasteiger partial charge in [0.2, 0.25) is 0 Å². The molecule has 1 atom stereocenters. The molecule has 0 fully saturated rings. The summed E-state index contributed by atoms with van der Waals surface area (Å²) in [4.78, 5) is 24.1. The van der Waals surface area contributed by atoms with Gasteiger partial charge in [-0.3, -0.25) is 9.48 Å². The molecule has 1 aromatic heterocycles. The van der Waals surface area contributed by atoms with Crippen LogP contribution in [0.4, 0.5) is 4.39 Å². The first kappa shape index (κ1) is 18.6. The maximum atomic E-state index is 13.9. The molecule has 0 aliphatic rings. The number of nitrogens with one attached hydrogen (secondary N) is 1. The van der Waals surface area contributed by atoms with Crippen LogP contribution in [0, 0.1) is 11.7 Å². The molecule has 134 valence electrons. The molecule has 7 heteroatoms. The Hall–Kier alpha value is -2.70. The molecule has 0 spiro atoms. The molecule has 1 unspecified atom stereocenters. The first-order chi connectivity index (χ1) is 11.8. The first-order valence-electron chi connectivity index (χ1n) is 8.18. The quantitative estimate of drug-likeness (QED) is 0.807. The molecule has 1 aromatic carbocycles. The summed E-state index contributed by atoms with van der Waals surface area (Å²) in [5.41, 5.74) is 0.939. The SMILES string of the molecule is CCn1nc(CC(C)C)cc1C(=O)NC(C(=O)O)c1ccccc1F. The van der Waals surface area contributed by atoms with Crippen molar-refractivity contribution in [3.63, 3.8) is 0 Å². The second kappa shape index (κ2) is 7.92. The van der Waals surface area contributed by atoms with E-state index in [9.17, 15) is 19.1 Å². The fourth-order valence-corrected chi connectivity index (χ4v) is 2.60. The van der Waals surface area contributed by atoms with Crippen LogP contribution in [0.3, 0.4) is 0 Å². The third-order valence-corrected chi connectivity index (χ3v) is 3.72. The zero-order valence-electron chi connectivity index (χ0n) is 14.5. The van der Waals surface area contributed by atoms with Gasteiger partial charge in [0.15, 0.2) is 6.04 Å². The molecule has 1 amide bonds. The number of rotatable bonds is 7. The zero-order valence-corrected chi connectivity index (χ0v) is 14.5. The molecular weight excluding hydrogens is 325 g/mol. The number of hydrogen-bond acceptors (Lipinski definition) is 3. The van der Waals surface area contributed by atoms with Crippen molar-refractivity contribution in [3.8, 4) is 0 Å². The topological polar surface area (TPSA) is 84.2 Å². The largest absolute Gasteiger partial charge is 0.479 e. The lowest BCUT2D eigenvalue weighted by molar-refractivity contribution is -0.139. The molecule has 25 heavy (non-hydrogen) atoms. The number of aromatic nitrogens is 2. The fraction of sp³-hybridized carbons (Fsp3) is 0.389. The number of aryl methyl sites for hydroxylation is 1. The molecule has 1 heterocycles. The Morgan fingerprint density at radius 3 is 2.56 bits per heavy atom. The van der Waals surface area contributed by atoms with E-state index in [4.69, 9.17) is 0 Å². The smallest absolute Gasteiger partial charge is 0.331 e. The minimum absolute atomic E-state index is 0.0895. The van der Waals surface area contributed by atoms with Crippen LogP contribution in [0.2, 0.25) is 0 Å². The van der Waals surface area contributed by atoms with Gasteiger partial charge in [0, 0.05) is 12.1 Å². The Morgan fingerprint density at radius 2 is 2.00 bits per heavy atom. The molecule has 2 N–H and O–H groups in total. The van der Waals surface area contributed by atoms with Gasteiger partial charge in [0.1, 0.15) is 11.5 Å². The standard InChI is InChI=1S/C18H22FN3O3/c1-4-22-15(10-12(21-22)9-11(2)3)17(23)20-16(18(24)25)13-7-5-6-8-14(13)19/h5-8,10-11,16H,4,9H2,1-3H3,(H,20,23)(H,24,25). The van der Waals surface area contributed by atoms with Gasteiger partial charge in [-0.25, -0.2) is 9.18 Å². The van der Waals surface area contributed by atoms with Gasteiger partial charge in [0.05, 0.1) is 5.69 Å². The number of carbonyl (C=O) groups is 2. The highest BCUT2D eigenvalue weighted by atomic mass is 19.1. The Balaban J connectivity index is 2.29. The second-order valence-corrected chi connectivity index (χ2v) is 6.20. The average Bonchev–Trinajstić information content (AvgIpc) is 2.95. The van der Waals surface area contributed by atoms with Crippen molar-refractivity contribution in [2.24, 2.45) is 5.92 Å². The highest BCUT2D eigenvalue weighted by Crippen LogP contribution is 2.18. The van der Waals surface area contributed by atoms with Gasteiger partial charge >= 0.3 is 5.97 Å². The third kappa shape index (κ3) is 4.43. The van der Waals surface area contributed by atoms with E-state index in [2.05, 4.69) is 10.4 Å². The van der Waals surface area contributed by atoms with Gasteiger partial charge in [-0.15, -0.1) is 0 Å². The highest BCUT2D eigenvalue weighted by molar-refractivity contribution is 5.95. The van der Waals surface area contributed by atoms with Crippen LogP contribution in [0.25, 0.3) is 0 Å². The number of halogens is 1. The first-order valence-corrected chi connectivity index (χ1v) is 8.18. The molecule has 0 aliphatic carbocycles. The number of aliphatic carboxylic acids is 1. The van der Waals surface area contributed by atoms with Crippen LogP contribution in [0.1, 0.15) is 48.6 Å².